The Morgan fingerprint density at radius 2 is 2.15 bits per heavy atom. The minimum absolute atomic E-state index is 0.00224. The molecule has 1 heterocycles. The first-order chi connectivity index (χ1) is 12.5. The van der Waals surface area contributed by atoms with Gasteiger partial charge in [-0.15, -0.1) is 0 Å². The number of anilines is 1. The van der Waals surface area contributed by atoms with E-state index >= 15 is 0 Å². The molecule has 2 rings (SSSR count). The van der Waals surface area contributed by atoms with Crippen LogP contribution in [0.1, 0.15) is 18.2 Å². The first-order valence-corrected chi connectivity index (χ1v) is 8.68. The Hall–Kier alpha value is -2.99. The number of nitrogens with one attached hydrogen (secondary N) is 2. The number of methoxy groups -OCH3 is 2. The van der Waals surface area contributed by atoms with E-state index in [1.54, 1.807) is 25.1 Å². The van der Waals surface area contributed by atoms with Gasteiger partial charge in [-0.1, -0.05) is 18.7 Å². The van der Waals surface area contributed by atoms with Crippen LogP contribution >= 0.6 is 11.8 Å². The fourth-order valence-electron chi connectivity index (χ4n) is 2.17. The van der Waals surface area contributed by atoms with Gasteiger partial charge in [-0.2, -0.15) is 5.26 Å². The first-order valence-electron chi connectivity index (χ1n) is 7.70. The third-order valence-corrected chi connectivity index (χ3v) is 4.31. The van der Waals surface area contributed by atoms with E-state index in [-0.39, 0.29) is 17.2 Å². The Morgan fingerprint density at radius 1 is 1.38 bits per heavy atom. The predicted octanol–water partition coefficient (Wildman–Crippen LogP) is 1.95. The van der Waals surface area contributed by atoms with Gasteiger partial charge >= 0.3 is 0 Å². The number of nitriles is 1. The normalized spacial score (nSPS) is 10.1. The molecule has 0 radical (unpaired) electrons. The number of amides is 1. The highest BCUT2D eigenvalue weighted by Crippen LogP contribution is 2.29. The first kappa shape index (κ1) is 19.3. The second-order valence-electron chi connectivity index (χ2n) is 5.06. The molecule has 8 nitrogen and oxygen atoms in total. The van der Waals surface area contributed by atoms with Crippen LogP contribution in [0.3, 0.4) is 0 Å². The molecule has 0 bridgehead atoms. The van der Waals surface area contributed by atoms with E-state index in [1.165, 1.54) is 14.2 Å². The lowest BCUT2D eigenvalue weighted by molar-refractivity contribution is -0.113. The maximum atomic E-state index is 12.2. The lowest BCUT2D eigenvalue weighted by atomic mass is 10.2. The van der Waals surface area contributed by atoms with Gasteiger partial charge < -0.3 is 19.8 Å². The number of hydrogen-bond donors (Lipinski definition) is 2. The largest absolute Gasteiger partial charge is 0.497 e. The number of thioether (sulfide) groups is 1. The third-order valence-electron chi connectivity index (χ3n) is 3.44. The lowest BCUT2D eigenvalue weighted by Crippen LogP contribution is -2.18. The number of H-pyrrole nitrogens is 1. The summed E-state index contributed by atoms with van der Waals surface area (Å²) < 4.78 is 10.4. The average Bonchev–Trinajstić information content (AvgIpc) is 2.65. The van der Waals surface area contributed by atoms with Crippen molar-refractivity contribution in [2.45, 2.75) is 18.5 Å². The van der Waals surface area contributed by atoms with Gasteiger partial charge in [-0.25, -0.2) is 4.98 Å². The molecular weight excluding hydrogens is 356 g/mol. The van der Waals surface area contributed by atoms with E-state index in [0.29, 0.717) is 34.5 Å². The number of carbonyl (C=O) groups excluding carboxylic acids is 1. The van der Waals surface area contributed by atoms with E-state index in [2.05, 4.69) is 15.3 Å². The smallest absolute Gasteiger partial charge is 0.269 e. The van der Waals surface area contributed by atoms with Crippen LogP contribution in [0.2, 0.25) is 0 Å². The Kier molecular flexibility index (Phi) is 6.63. The van der Waals surface area contributed by atoms with Crippen LogP contribution in [0.5, 0.6) is 11.5 Å². The van der Waals surface area contributed by atoms with E-state index in [4.69, 9.17) is 14.7 Å². The highest BCUT2D eigenvalue weighted by Gasteiger charge is 2.13. The number of benzene rings is 1. The van der Waals surface area contributed by atoms with Gasteiger partial charge in [0.25, 0.3) is 5.56 Å². The van der Waals surface area contributed by atoms with Crippen molar-refractivity contribution < 1.29 is 14.3 Å². The summed E-state index contributed by atoms with van der Waals surface area (Å²) >= 11 is 1.07. The van der Waals surface area contributed by atoms with Gasteiger partial charge in [0, 0.05) is 6.07 Å². The van der Waals surface area contributed by atoms with Crippen LogP contribution in [0, 0.1) is 11.3 Å². The monoisotopic (exact) mass is 374 g/mol. The average molecular weight is 374 g/mol. The Labute approximate surface area is 154 Å². The zero-order chi connectivity index (χ0) is 19.1. The quantitative estimate of drug-likeness (QED) is 0.562. The van der Waals surface area contributed by atoms with E-state index in [9.17, 15) is 9.59 Å². The van der Waals surface area contributed by atoms with Crippen LogP contribution in [0.15, 0.2) is 28.2 Å². The zero-order valence-electron chi connectivity index (χ0n) is 14.6. The summed E-state index contributed by atoms with van der Waals surface area (Å²) in [5.74, 6) is 0.812. The zero-order valence-corrected chi connectivity index (χ0v) is 15.4. The lowest BCUT2D eigenvalue weighted by Gasteiger charge is -2.11. The molecule has 26 heavy (non-hydrogen) atoms. The molecule has 0 aliphatic carbocycles. The highest BCUT2D eigenvalue weighted by atomic mass is 32.2. The third kappa shape index (κ3) is 4.55. The number of aryl methyl sites for hydroxylation is 1. The number of ether oxygens (including phenoxy) is 2. The minimum atomic E-state index is -0.503. The molecule has 1 aromatic carbocycles. The number of aromatic amines is 1. The van der Waals surface area contributed by atoms with E-state index in [1.807, 2.05) is 6.07 Å². The summed E-state index contributed by atoms with van der Waals surface area (Å²) in [5.41, 5.74) is 0.390. The second kappa shape index (κ2) is 8.92. The van der Waals surface area contributed by atoms with Crippen molar-refractivity contribution in [1.29, 1.82) is 5.26 Å². The Balaban J connectivity index is 2.09. The minimum Gasteiger partial charge on any atom is -0.497 e. The molecule has 1 aromatic heterocycles. The van der Waals surface area contributed by atoms with Crippen LogP contribution in [-0.2, 0) is 11.2 Å². The van der Waals surface area contributed by atoms with Crippen molar-refractivity contribution in [2.75, 3.05) is 25.3 Å². The van der Waals surface area contributed by atoms with Crippen LogP contribution in [0.4, 0.5) is 5.69 Å². The van der Waals surface area contributed by atoms with Gasteiger partial charge in [0.1, 0.15) is 23.1 Å². The molecule has 0 saturated heterocycles. The Morgan fingerprint density at radius 3 is 2.77 bits per heavy atom. The second-order valence-corrected chi connectivity index (χ2v) is 6.03. The summed E-state index contributed by atoms with van der Waals surface area (Å²) in [6.07, 6.45) is 0.452. The molecule has 1 amide bonds. The van der Waals surface area contributed by atoms with Gasteiger partial charge in [0.15, 0.2) is 5.16 Å². The summed E-state index contributed by atoms with van der Waals surface area (Å²) in [4.78, 5) is 30.8. The van der Waals surface area contributed by atoms with Crippen LogP contribution in [0.25, 0.3) is 0 Å². The molecule has 0 aliphatic rings. The molecule has 0 spiro atoms. The fourth-order valence-corrected chi connectivity index (χ4v) is 2.85. The number of hydrogen-bond acceptors (Lipinski definition) is 7. The summed E-state index contributed by atoms with van der Waals surface area (Å²) in [7, 11) is 3.03. The molecule has 9 heteroatoms. The standard InChI is InChI=1S/C17H18N4O4S/c1-4-12-11(8-18)16(23)21-17(20-12)26-9-15(22)19-13-7-10(24-2)5-6-14(13)25-3/h5-7H,4,9H2,1-3H3,(H,19,22)(H,20,21,23). The predicted molar refractivity (Wildman–Crippen MR) is 97.9 cm³/mol. The van der Waals surface area contributed by atoms with E-state index in [0.717, 1.165) is 11.8 Å². The molecule has 0 fully saturated rings. The molecule has 2 N–H and O–H groups in total. The molecule has 2 aromatic rings. The number of nitrogens with zero attached hydrogens (tertiary/aromatic N) is 2. The molecular formula is C17H18N4O4S. The van der Waals surface area contributed by atoms with Gasteiger partial charge in [-0.05, 0) is 18.6 Å². The van der Waals surface area contributed by atoms with Gasteiger partial charge in [0.2, 0.25) is 5.91 Å². The van der Waals surface area contributed by atoms with Crippen LogP contribution in [-0.4, -0.2) is 35.8 Å². The van der Waals surface area contributed by atoms with Crippen molar-refractivity contribution in [2.24, 2.45) is 0 Å². The molecule has 136 valence electrons. The summed E-state index contributed by atoms with van der Waals surface area (Å²) in [5, 5.41) is 12.0. The Bertz CT molecular complexity index is 905. The topological polar surface area (TPSA) is 117 Å². The van der Waals surface area contributed by atoms with Crippen molar-refractivity contribution >= 4 is 23.4 Å². The van der Waals surface area contributed by atoms with Crippen molar-refractivity contribution in [3.8, 4) is 17.6 Å². The maximum absolute atomic E-state index is 12.2. The summed E-state index contributed by atoms with van der Waals surface area (Å²) in [6.45, 7) is 1.80. The SMILES string of the molecule is CCc1nc(SCC(=O)Nc2cc(OC)ccc2OC)[nH]c(=O)c1C#N. The van der Waals surface area contributed by atoms with Gasteiger partial charge in [0.05, 0.1) is 31.4 Å². The molecule has 0 atom stereocenters. The summed E-state index contributed by atoms with van der Waals surface area (Å²) in [6, 6.07) is 6.91. The van der Waals surface area contributed by atoms with E-state index < -0.39 is 5.56 Å². The number of aromatic nitrogens is 2. The molecule has 0 unspecified atom stereocenters. The fraction of sp³-hybridized carbons (Fsp3) is 0.294. The number of rotatable bonds is 7. The molecule has 0 saturated carbocycles. The van der Waals surface area contributed by atoms with Crippen LogP contribution < -0.4 is 20.3 Å². The number of carbonyl (C=O) groups is 1. The van der Waals surface area contributed by atoms with Crippen molar-refractivity contribution in [3.05, 3.63) is 39.8 Å². The maximum Gasteiger partial charge on any atom is 0.269 e. The highest BCUT2D eigenvalue weighted by molar-refractivity contribution is 7.99. The van der Waals surface area contributed by atoms with Crippen molar-refractivity contribution in [3.63, 3.8) is 0 Å². The molecule has 0 aliphatic heterocycles. The van der Waals surface area contributed by atoms with Gasteiger partial charge in [-0.3, -0.25) is 9.59 Å². The van der Waals surface area contributed by atoms with Crippen molar-refractivity contribution in [1.82, 2.24) is 9.97 Å².